The number of pyridine rings is 1. The highest BCUT2D eigenvalue weighted by Crippen LogP contribution is 2.18. The number of nitrogens with one attached hydrogen (secondary N) is 3. The smallest absolute Gasteiger partial charge is 0.244 e. The largest absolute Gasteiger partial charge is 0.395 e. The van der Waals surface area contributed by atoms with E-state index in [-0.39, 0.29) is 18.6 Å². The highest BCUT2D eigenvalue weighted by atomic mass is 16.3. The van der Waals surface area contributed by atoms with Crippen molar-refractivity contribution in [3.8, 4) is 0 Å². The fourth-order valence-electron chi connectivity index (χ4n) is 2.86. The average molecular weight is 383 g/mol. The van der Waals surface area contributed by atoms with Crippen molar-refractivity contribution in [2.45, 2.75) is 12.5 Å². The monoisotopic (exact) mass is 383 g/mol. The maximum Gasteiger partial charge on any atom is 0.244 e. The van der Waals surface area contributed by atoms with E-state index in [2.05, 4.69) is 27.0 Å². The number of aliphatic hydroxyl groups excluding tert-OH is 1. The summed E-state index contributed by atoms with van der Waals surface area (Å²) in [5.74, 6) is -0.161. The summed E-state index contributed by atoms with van der Waals surface area (Å²) >= 11 is 0. The summed E-state index contributed by atoms with van der Waals surface area (Å²) < 4.78 is 0. The van der Waals surface area contributed by atoms with Crippen LogP contribution in [0.3, 0.4) is 0 Å². The number of carbonyl (C=O) groups is 1. The molecule has 1 heterocycles. The zero-order valence-electron chi connectivity index (χ0n) is 16.2. The first kappa shape index (κ1) is 21.6. The quantitative estimate of drug-likeness (QED) is 0.298. The topological polar surface area (TPSA) is 112 Å². The van der Waals surface area contributed by atoms with E-state index in [4.69, 9.17) is 10.8 Å². The lowest BCUT2D eigenvalue weighted by Crippen LogP contribution is -2.33. The van der Waals surface area contributed by atoms with Crippen LogP contribution in [0.25, 0.3) is 11.6 Å². The van der Waals surface area contributed by atoms with Crippen molar-refractivity contribution in [2.24, 2.45) is 5.73 Å². The van der Waals surface area contributed by atoms with Gasteiger partial charge in [-0.15, -0.1) is 0 Å². The molecule has 0 spiro atoms. The predicted octanol–water partition coefficient (Wildman–Crippen LogP) is 0.567. The van der Waals surface area contributed by atoms with Crippen LogP contribution in [0.5, 0.6) is 0 Å². The molecule has 0 saturated heterocycles. The van der Waals surface area contributed by atoms with Crippen LogP contribution in [0.15, 0.2) is 54.5 Å². The van der Waals surface area contributed by atoms with E-state index >= 15 is 0 Å². The Labute approximate surface area is 166 Å². The van der Waals surface area contributed by atoms with E-state index in [1.54, 1.807) is 18.5 Å². The van der Waals surface area contributed by atoms with Crippen molar-refractivity contribution in [3.63, 3.8) is 0 Å². The normalized spacial score (nSPS) is 16.9. The Morgan fingerprint density at radius 3 is 3.00 bits per heavy atom. The molecule has 0 aromatic carbocycles. The van der Waals surface area contributed by atoms with Crippen LogP contribution in [0.2, 0.25) is 0 Å². The van der Waals surface area contributed by atoms with Crippen LogP contribution in [-0.4, -0.2) is 55.3 Å². The van der Waals surface area contributed by atoms with Crippen LogP contribution >= 0.6 is 0 Å². The standard InChI is InChI=1S/C21H29N5O2/c1-23-14-18(12-22)20-8-9-24-15-17(20)4-7-21(28)26-19-5-2-16(3-6-19)13-25-10-11-27/h2-5,7-9,14-15,19,23,25,27H,6,10-13,22H2,1H3,(H,26,28)/b7-4+,18-14+. The minimum Gasteiger partial charge on any atom is -0.395 e. The Morgan fingerprint density at radius 1 is 1.46 bits per heavy atom. The summed E-state index contributed by atoms with van der Waals surface area (Å²) in [6.07, 6.45) is 15.4. The highest BCUT2D eigenvalue weighted by Gasteiger charge is 2.11. The molecule has 150 valence electrons. The summed E-state index contributed by atoms with van der Waals surface area (Å²) in [6.45, 7) is 1.79. The van der Waals surface area contributed by atoms with E-state index in [1.165, 1.54) is 6.08 Å². The number of amides is 1. The van der Waals surface area contributed by atoms with E-state index < -0.39 is 0 Å². The Balaban J connectivity index is 1.93. The van der Waals surface area contributed by atoms with Crippen LogP contribution in [0.4, 0.5) is 0 Å². The first-order chi connectivity index (χ1) is 13.7. The van der Waals surface area contributed by atoms with E-state index in [0.717, 1.165) is 28.7 Å². The van der Waals surface area contributed by atoms with E-state index in [1.807, 2.05) is 31.5 Å². The van der Waals surface area contributed by atoms with Gasteiger partial charge < -0.3 is 26.8 Å². The SMILES string of the molecule is CN/C=C(\CN)c1ccncc1/C=C/C(=O)NC1C=CC(CNCCO)=CC1. The molecule has 1 aliphatic carbocycles. The lowest BCUT2D eigenvalue weighted by molar-refractivity contribution is -0.116. The molecule has 6 N–H and O–H groups in total. The molecule has 1 aromatic rings. The lowest BCUT2D eigenvalue weighted by atomic mass is 10.0. The zero-order chi connectivity index (χ0) is 20.2. The first-order valence-corrected chi connectivity index (χ1v) is 9.36. The van der Waals surface area contributed by atoms with Gasteiger partial charge in [-0.05, 0) is 35.3 Å². The molecule has 7 nitrogen and oxygen atoms in total. The van der Waals surface area contributed by atoms with Crippen molar-refractivity contribution in [3.05, 3.63) is 65.7 Å². The fourth-order valence-corrected chi connectivity index (χ4v) is 2.86. The molecule has 7 heteroatoms. The van der Waals surface area contributed by atoms with Gasteiger partial charge in [0.25, 0.3) is 0 Å². The van der Waals surface area contributed by atoms with Crippen molar-refractivity contribution in [1.82, 2.24) is 20.9 Å². The van der Waals surface area contributed by atoms with Gasteiger partial charge in [-0.25, -0.2) is 0 Å². The number of hydrogen-bond donors (Lipinski definition) is 5. The molecule has 1 unspecified atom stereocenters. The summed E-state index contributed by atoms with van der Waals surface area (Å²) in [6, 6.07) is 1.85. The predicted molar refractivity (Wildman–Crippen MR) is 113 cm³/mol. The van der Waals surface area contributed by atoms with Crippen molar-refractivity contribution in [2.75, 3.05) is 33.3 Å². The second kappa shape index (κ2) is 11.9. The van der Waals surface area contributed by atoms with E-state index in [0.29, 0.717) is 19.6 Å². The molecular formula is C21H29N5O2. The molecule has 0 radical (unpaired) electrons. The van der Waals surface area contributed by atoms with Crippen LogP contribution < -0.4 is 21.7 Å². The summed E-state index contributed by atoms with van der Waals surface area (Å²) in [5, 5.41) is 17.9. The average Bonchev–Trinajstić information content (AvgIpc) is 2.72. The van der Waals surface area contributed by atoms with Gasteiger partial charge in [0.05, 0.1) is 12.6 Å². The number of nitrogens with two attached hydrogens (primary N) is 1. The number of rotatable bonds is 10. The molecule has 28 heavy (non-hydrogen) atoms. The second-order valence-corrected chi connectivity index (χ2v) is 6.35. The van der Waals surface area contributed by atoms with Gasteiger partial charge in [0.2, 0.25) is 5.91 Å². The Morgan fingerprint density at radius 2 is 2.32 bits per heavy atom. The third-order valence-electron chi connectivity index (χ3n) is 4.27. The number of aliphatic hydroxyl groups is 1. The van der Waals surface area contributed by atoms with Crippen LogP contribution in [-0.2, 0) is 4.79 Å². The van der Waals surface area contributed by atoms with Gasteiger partial charge in [-0.3, -0.25) is 9.78 Å². The minimum absolute atomic E-state index is 0.0316. The lowest BCUT2D eigenvalue weighted by Gasteiger charge is -2.17. The third-order valence-corrected chi connectivity index (χ3v) is 4.27. The Bertz CT molecular complexity index is 768. The summed E-state index contributed by atoms with van der Waals surface area (Å²) in [4.78, 5) is 16.4. The second-order valence-electron chi connectivity index (χ2n) is 6.35. The molecular weight excluding hydrogens is 354 g/mol. The molecule has 1 atom stereocenters. The Hall–Kier alpha value is -2.74. The van der Waals surface area contributed by atoms with Gasteiger partial charge in [-0.1, -0.05) is 18.2 Å². The molecule has 1 aliphatic rings. The number of nitrogens with zero attached hydrogens (tertiary/aromatic N) is 1. The van der Waals surface area contributed by atoms with Gasteiger partial charge in [-0.2, -0.15) is 0 Å². The van der Waals surface area contributed by atoms with Gasteiger partial charge in [0.15, 0.2) is 0 Å². The maximum atomic E-state index is 12.3. The third kappa shape index (κ3) is 6.77. The van der Waals surface area contributed by atoms with E-state index in [9.17, 15) is 4.79 Å². The number of aromatic nitrogens is 1. The molecule has 0 bridgehead atoms. The highest BCUT2D eigenvalue weighted by molar-refractivity contribution is 5.93. The maximum absolute atomic E-state index is 12.3. The summed E-state index contributed by atoms with van der Waals surface area (Å²) in [7, 11) is 1.82. The van der Waals surface area contributed by atoms with Crippen molar-refractivity contribution < 1.29 is 9.90 Å². The molecule has 0 saturated carbocycles. The number of carbonyl (C=O) groups excluding carboxylic acids is 1. The molecule has 2 rings (SSSR count). The van der Waals surface area contributed by atoms with Gasteiger partial charge in [0.1, 0.15) is 0 Å². The molecule has 1 aromatic heterocycles. The molecule has 1 amide bonds. The Kier molecular flexibility index (Phi) is 9.14. The van der Waals surface area contributed by atoms with Crippen LogP contribution in [0, 0.1) is 0 Å². The molecule has 0 fully saturated rings. The zero-order valence-corrected chi connectivity index (χ0v) is 16.2. The van der Waals surface area contributed by atoms with Gasteiger partial charge in [0, 0.05) is 56.9 Å². The molecule has 0 aliphatic heterocycles. The van der Waals surface area contributed by atoms with Crippen molar-refractivity contribution >= 4 is 17.6 Å². The summed E-state index contributed by atoms with van der Waals surface area (Å²) in [5.41, 5.74) is 9.69. The number of hydrogen-bond acceptors (Lipinski definition) is 6. The fraction of sp³-hybridized carbons (Fsp3) is 0.333. The van der Waals surface area contributed by atoms with Crippen LogP contribution in [0.1, 0.15) is 17.5 Å². The van der Waals surface area contributed by atoms with Gasteiger partial charge >= 0.3 is 0 Å². The minimum atomic E-state index is -0.161. The van der Waals surface area contributed by atoms with Crippen molar-refractivity contribution in [1.29, 1.82) is 0 Å². The first-order valence-electron chi connectivity index (χ1n) is 9.36.